The molecule has 0 radical (unpaired) electrons. The summed E-state index contributed by atoms with van der Waals surface area (Å²) in [5.41, 5.74) is 0.832. The number of nitrogens with zero attached hydrogens (tertiary/aromatic N) is 1. The Morgan fingerprint density at radius 2 is 1.83 bits per heavy atom. The SMILES string of the molecule is N#C/C(=C\c1cc(Cl)ccc1OCc1ccc(F)cc1)C(=O)Nc1ccccc1F. The first-order valence-electron chi connectivity index (χ1n) is 8.81. The molecular weight excluding hydrogens is 410 g/mol. The van der Waals surface area contributed by atoms with Gasteiger partial charge in [-0.25, -0.2) is 8.78 Å². The van der Waals surface area contributed by atoms with E-state index < -0.39 is 11.7 Å². The molecule has 0 heterocycles. The van der Waals surface area contributed by atoms with Crippen LogP contribution in [-0.2, 0) is 11.4 Å². The van der Waals surface area contributed by atoms with Gasteiger partial charge in [0.2, 0.25) is 0 Å². The Kier molecular flexibility index (Phi) is 6.79. The molecule has 0 fully saturated rings. The first-order chi connectivity index (χ1) is 14.5. The highest BCUT2D eigenvalue weighted by atomic mass is 35.5. The van der Waals surface area contributed by atoms with E-state index in [1.54, 1.807) is 36.4 Å². The quantitative estimate of drug-likeness (QED) is 0.405. The average Bonchev–Trinajstić information content (AvgIpc) is 2.74. The number of halogens is 3. The van der Waals surface area contributed by atoms with Gasteiger partial charge in [0, 0.05) is 10.6 Å². The summed E-state index contributed by atoms with van der Waals surface area (Å²) in [6.45, 7) is 0.145. The number of carbonyl (C=O) groups excluding carboxylic acids is 1. The highest BCUT2D eigenvalue weighted by Crippen LogP contribution is 2.26. The van der Waals surface area contributed by atoms with Crippen LogP contribution in [0.15, 0.2) is 72.3 Å². The summed E-state index contributed by atoms with van der Waals surface area (Å²) in [5, 5.41) is 12.2. The Bertz CT molecular complexity index is 1140. The normalized spacial score (nSPS) is 10.9. The number of carbonyl (C=O) groups is 1. The minimum absolute atomic E-state index is 0.0393. The van der Waals surface area contributed by atoms with Gasteiger partial charge in [-0.15, -0.1) is 0 Å². The second kappa shape index (κ2) is 9.68. The van der Waals surface area contributed by atoms with Crippen molar-refractivity contribution in [1.82, 2.24) is 0 Å². The van der Waals surface area contributed by atoms with E-state index >= 15 is 0 Å². The van der Waals surface area contributed by atoms with Gasteiger partial charge in [-0.05, 0) is 54.1 Å². The third-order valence-corrected chi connectivity index (χ3v) is 4.30. The molecule has 0 spiro atoms. The third kappa shape index (κ3) is 5.43. The largest absolute Gasteiger partial charge is 0.488 e. The van der Waals surface area contributed by atoms with E-state index in [1.165, 1.54) is 42.5 Å². The van der Waals surface area contributed by atoms with Gasteiger partial charge < -0.3 is 10.1 Å². The van der Waals surface area contributed by atoms with Crippen LogP contribution >= 0.6 is 11.6 Å². The van der Waals surface area contributed by atoms with Gasteiger partial charge in [-0.2, -0.15) is 5.26 Å². The lowest BCUT2D eigenvalue weighted by Crippen LogP contribution is -2.14. The van der Waals surface area contributed by atoms with Gasteiger partial charge in [0.15, 0.2) is 0 Å². The van der Waals surface area contributed by atoms with Crippen LogP contribution in [0.1, 0.15) is 11.1 Å². The molecule has 1 N–H and O–H groups in total. The van der Waals surface area contributed by atoms with Crippen molar-refractivity contribution < 1.29 is 18.3 Å². The van der Waals surface area contributed by atoms with Crippen LogP contribution < -0.4 is 10.1 Å². The summed E-state index contributed by atoms with van der Waals surface area (Å²) in [6.07, 6.45) is 1.31. The molecule has 0 aliphatic carbocycles. The van der Waals surface area contributed by atoms with Gasteiger partial charge >= 0.3 is 0 Å². The summed E-state index contributed by atoms with van der Waals surface area (Å²) >= 11 is 6.05. The smallest absolute Gasteiger partial charge is 0.266 e. The number of hydrogen-bond acceptors (Lipinski definition) is 3. The second-order valence-electron chi connectivity index (χ2n) is 6.20. The highest BCUT2D eigenvalue weighted by Gasteiger charge is 2.14. The zero-order chi connectivity index (χ0) is 21.5. The summed E-state index contributed by atoms with van der Waals surface area (Å²) in [5.74, 6) is -1.37. The van der Waals surface area contributed by atoms with Gasteiger partial charge in [-0.3, -0.25) is 4.79 Å². The highest BCUT2D eigenvalue weighted by molar-refractivity contribution is 6.30. The first-order valence-corrected chi connectivity index (χ1v) is 9.18. The predicted octanol–water partition coefficient (Wildman–Crippen LogP) is 5.74. The number of rotatable bonds is 6. The van der Waals surface area contributed by atoms with E-state index in [9.17, 15) is 18.8 Å². The minimum Gasteiger partial charge on any atom is -0.488 e. The van der Waals surface area contributed by atoms with Crippen LogP contribution in [0.25, 0.3) is 6.08 Å². The second-order valence-corrected chi connectivity index (χ2v) is 6.64. The zero-order valence-electron chi connectivity index (χ0n) is 15.5. The molecule has 1 amide bonds. The van der Waals surface area contributed by atoms with E-state index in [0.29, 0.717) is 16.3 Å². The lowest BCUT2D eigenvalue weighted by atomic mass is 10.1. The first kappa shape index (κ1) is 21.0. The van der Waals surface area contributed by atoms with E-state index in [-0.39, 0.29) is 23.7 Å². The molecule has 0 bridgehead atoms. The van der Waals surface area contributed by atoms with Crippen LogP contribution in [-0.4, -0.2) is 5.91 Å². The minimum atomic E-state index is -0.771. The number of hydrogen-bond donors (Lipinski definition) is 1. The molecule has 3 rings (SSSR count). The Labute approximate surface area is 177 Å². The summed E-state index contributed by atoms with van der Waals surface area (Å²) in [6, 6.07) is 18.0. The number of nitrogens with one attached hydrogen (secondary N) is 1. The van der Waals surface area contributed by atoms with Crippen LogP contribution in [0, 0.1) is 23.0 Å². The molecule has 0 saturated carbocycles. The fourth-order valence-corrected chi connectivity index (χ4v) is 2.74. The third-order valence-electron chi connectivity index (χ3n) is 4.07. The van der Waals surface area contributed by atoms with Crippen molar-refractivity contribution in [1.29, 1.82) is 5.26 Å². The summed E-state index contributed by atoms with van der Waals surface area (Å²) < 4.78 is 32.6. The molecule has 150 valence electrons. The van der Waals surface area contributed by atoms with E-state index in [4.69, 9.17) is 16.3 Å². The van der Waals surface area contributed by atoms with Crippen molar-refractivity contribution in [3.63, 3.8) is 0 Å². The van der Waals surface area contributed by atoms with Crippen LogP contribution in [0.5, 0.6) is 5.75 Å². The number of benzene rings is 3. The number of para-hydroxylation sites is 1. The summed E-state index contributed by atoms with van der Waals surface area (Å²) in [4.78, 5) is 12.4. The standard InChI is InChI=1S/C23H15ClF2N2O2/c24-18-7-10-22(30-14-15-5-8-19(25)9-6-15)16(12-18)11-17(13-27)23(29)28-21-4-2-1-3-20(21)26/h1-12H,14H2,(H,28,29)/b17-11+. The number of amides is 1. The van der Waals surface area contributed by atoms with Gasteiger partial charge in [0.25, 0.3) is 5.91 Å². The van der Waals surface area contributed by atoms with Gasteiger partial charge in [-0.1, -0.05) is 35.9 Å². The van der Waals surface area contributed by atoms with Crippen molar-refractivity contribution in [2.45, 2.75) is 6.61 Å². The fraction of sp³-hybridized carbons (Fsp3) is 0.0435. The molecule has 3 aromatic rings. The summed E-state index contributed by atoms with van der Waals surface area (Å²) in [7, 11) is 0. The lowest BCUT2D eigenvalue weighted by molar-refractivity contribution is -0.112. The van der Waals surface area contributed by atoms with E-state index in [0.717, 1.165) is 5.56 Å². The van der Waals surface area contributed by atoms with Crippen molar-refractivity contribution >= 4 is 29.3 Å². The number of anilines is 1. The molecule has 30 heavy (non-hydrogen) atoms. The van der Waals surface area contributed by atoms with E-state index in [1.807, 2.05) is 0 Å². The molecule has 3 aromatic carbocycles. The Morgan fingerprint density at radius 1 is 1.10 bits per heavy atom. The molecule has 0 saturated heterocycles. The molecular formula is C23H15ClF2N2O2. The fourth-order valence-electron chi connectivity index (χ4n) is 2.56. The lowest BCUT2D eigenvalue weighted by Gasteiger charge is -2.11. The Balaban J connectivity index is 1.83. The topological polar surface area (TPSA) is 62.1 Å². The molecule has 0 atom stereocenters. The predicted molar refractivity (Wildman–Crippen MR) is 111 cm³/mol. The average molecular weight is 425 g/mol. The maximum Gasteiger partial charge on any atom is 0.266 e. The van der Waals surface area contributed by atoms with E-state index in [2.05, 4.69) is 5.32 Å². The van der Waals surface area contributed by atoms with Gasteiger partial charge in [0.1, 0.15) is 35.6 Å². The number of ether oxygens (including phenoxy) is 1. The molecule has 0 aromatic heterocycles. The molecule has 4 nitrogen and oxygen atoms in total. The zero-order valence-corrected chi connectivity index (χ0v) is 16.3. The van der Waals surface area contributed by atoms with Crippen LogP contribution in [0.3, 0.4) is 0 Å². The maximum atomic E-state index is 13.8. The molecule has 0 aliphatic rings. The maximum absolute atomic E-state index is 13.8. The molecule has 7 heteroatoms. The van der Waals surface area contributed by atoms with Crippen molar-refractivity contribution in [2.75, 3.05) is 5.32 Å². The number of nitriles is 1. The molecule has 0 aliphatic heterocycles. The molecule has 0 unspecified atom stereocenters. The Morgan fingerprint density at radius 3 is 2.53 bits per heavy atom. The van der Waals surface area contributed by atoms with Crippen molar-refractivity contribution in [2.24, 2.45) is 0 Å². The van der Waals surface area contributed by atoms with Crippen LogP contribution in [0.2, 0.25) is 5.02 Å². The monoisotopic (exact) mass is 424 g/mol. The van der Waals surface area contributed by atoms with Crippen LogP contribution in [0.4, 0.5) is 14.5 Å². The van der Waals surface area contributed by atoms with Crippen molar-refractivity contribution in [3.8, 4) is 11.8 Å². The van der Waals surface area contributed by atoms with Gasteiger partial charge in [0.05, 0.1) is 5.69 Å². The van der Waals surface area contributed by atoms with Crippen molar-refractivity contribution in [3.05, 3.63) is 100 Å². The Hall–Kier alpha value is -3.69.